The summed E-state index contributed by atoms with van der Waals surface area (Å²) in [5.74, 6) is 0.627. The molecule has 0 aliphatic heterocycles. The molecule has 0 unspecified atom stereocenters. The normalized spacial score (nSPS) is 24.3. The Morgan fingerprint density at radius 2 is 2.06 bits per heavy atom. The van der Waals surface area contributed by atoms with E-state index >= 15 is 0 Å². The summed E-state index contributed by atoms with van der Waals surface area (Å²) in [7, 11) is 0. The first-order valence-electron chi connectivity index (χ1n) is 5.75. The van der Waals surface area contributed by atoms with Gasteiger partial charge in [0.25, 0.3) is 0 Å². The van der Waals surface area contributed by atoms with Gasteiger partial charge in [-0.05, 0) is 24.3 Å². The number of hydrogen-bond acceptors (Lipinski definition) is 2. The SMILES string of the molecule is N#CC[C@H]1C(=O)CC[C@@H]1Cc1ccccc1. The van der Waals surface area contributed by atoms with Crippen LogP contribution in [0.15, 0.2) is 30.3 Å². The van der Waals surface area contributed by atoms with Crippen molar-refractivity contribution in [2.45, 2.75) is 25.7 Å². The number of rotatable bonds is 3. The van der Waals surface area contributed by atoms with Crippen LogP contribution >= 0.6 is 0 Å². The summed E-state index contributed by atoms with van der Waals surface area (Å²) >= 11 is 0. The average molecular weight is 213 g/mol. The van der Waals surface area contributed by atoms with Gasteiger partial charge in [-0.25, -0.2) is 0 Å². The number of hydrogen-bond donors (Lipinski definition) is 0. The minimum Gasteiger partial charge on any atom is -0.299 e. The number of ketones is 1. The number of benzene rings is 1. The minimum absolute atomic E-state index is 0.0230. The third kappa shape index (κ3) is 2.30. The lowest BCUT2D eigenvalue weighted by Crippen LogP contribution is -2.16. The first kappa shape index (κ1) is 10.9. The number of carbonyl (C=O) groups excluding carboxylic acids is 1. The zero-order valence-corrected chi connectivity index (χ0v) is 9.23. The molecule has 1 aromatic carbocycles. The van der Waals surface area contributed by atoms with E-state index in [9.17, 15) is 4.79 Å². The molecule has 82 valence electrons. The smallest absolute Gasteiger partial charge is 0.137 e. The van der Waals surface area contributed by atoms with Crippen LogP contribution in [-0.2, 0) is 11.2 Å². The van der Waals surface area contributed by atoms with Crippen LogP contribution in [-0.4, -0.2) is 5.78 Å². The monoisotopic (exact) mass is 213 g/mol. The van der Waals surface area contributed by atoms with Crippen LogP contribution in [0.4, 0.5) is 0 Å². The van der Waals surface area contributed by atoms with Crippen LogP contribution < -0.4 is 0 Å². The number of Topliss-reactive ketones (excluding diaryl/α,β-unsaturated/α-hetero) is 1. The Kier molecular flexibility index (Phi) is 3.36. The van der Waals surface area contributed by atoms with Crippen molar-refractivity contribution in [3.63, 3.8) is 0 Å². The highest BCUT2D eigenvalue weighted by molar-refractivity contribution is 5.83. The van der Waals surface area contributed by atoms with Crippen molar-refractivity contribution >= 4 is 5.78 Å². The van der Waals surface area contributed by atoms with E-state index in [2.05, 4.69) is 18.2 Å². The molecule has 1 aromatic rings. The molecule has 0 bridgehead atoms. The van der Waals surface area contributed by atoms with E-state index in [1.54, 1.807) is 0 Å². The fourth-order valence-corrected chi connectivity index (χ4v) is 2.52. The molecule has 0 radical (unpaired) electrons. The maximum atomic E-state index is 11.6. The number of nitriles is 1. The maximum Gasteiger partial charge on any atom is 0.137 e. The molecule has 0 heterocycles. The molecule has 0 aromatic heterocycles. The van der Waals surface area contributed by atoms with E-state index in [1.807, 2.05) is 18.2 Å². The highest BCUT2D eigenvalue weighted by Gasteiger charge is 2.34. The molecule has 2 atom stereocenters. The quantitative estimate of drug-likeness (QED) is 0.774. The first-order chi connectivity index (χ1) is 7.81. The molecule has 1 aliphatic carbocycles. The summed E-state index contributed by atoms with van der Waals surface area (Å²) in [6, 6.07) is 12.3. The largest absolute Gasteiger partial charge is 0.299 e. The number of carbonyl (C=O) groups is 1. The van der Waals surface area contributed by atoms with E-state index in [1.165, 1.54) is 5.56 Å². The lowest BCUT2D eigenvalue weighted by Gasteiger charge is -2.15. The molecule has 1 aliphatic rings. The molecular weight excluding hydrogens is 198 g/mol. The fraction of sp³-hybridized carbons (Fsp3) is 0.429. The molecular formula is C14H15NO. The lowest BCUT2D eigenvalue weighted by atomic mass is 9.87. The molecule has 1 saturated carbocycles. The predicted octanol–water partition coefficient (Wildman–Crippen LogP) is 2.74. The molecule has 0 saturated heterocycles. The molecule has 0 spiro atoms. The Morgan fingerprint density at radius 1 is 1.31 bits per heavy atom. The molecule has 0 amide bonds. The van der Waals surface area contributed by atoms with Crippen molar-refractivity contribution in [1.82, 2.24) is 0 Å². The fourth-order valence-electron chi connectivity index (χ4n) is 2.52. The van der Waals surface area contributed by atoms with Gasteiger partial charge in [0.1, 0.15) is 5.78 Å². The Hall–Kier alpha value is -1.62. The summed E-state index contributed by atoms with van der Waals surface area (Å²) in [5.41, 5.74) is 1.27. The average Bonchev–Trinajstić information content (AvgIpc) is 2.64. The van der Waals surface area contributed by atoms with Crippen molar-refractivity contribution in [2.75, 3.05) is 0 Å². The van der Waals surface area contributed by atoms with Crippen LogP contribution in [0.25, 0.3) is 0 Å². The van der Waals surface area contributed by atoms with Crippen LogP contribution in [0, 0.1) is 23.2 Å². The Labute approximate surface area is 95.9 Å². The predicted molar refractivity (Wildman–Crippen MR) is 61.6 cm³/mol. The topological polar surface area (TPSA) is 40.9 Å². The second kappa shape index (κ2) is 4.94. The molecule has 1 fully saturated rings. The van der Waals surface area contributed by atoms with E-state index in [0.717, 1.165) is 12.8 Å². The third-order valence-electron chi connectivity index (χ3n) is 3.40. The van der Waals surface area contributed by atoms with E-state index < -0.39 is 0 Å². The van der Waals surface area contributed by atoms with Crippen molar-refractivity contribution in [3.05, 3.63) is 35.9 Å². The highest BCUT2D eigenvalue weighted by Crippen LogP contribution is 2.33. The van der Waals surface area contributed by atoms with Crippen LogP contribution in [0.2, 0.25) is 0 Å². The lowest BCUT2D eigenvalue weighted by molar-refractivity contribution is -0.121. The molecule has 16 heavy (non-hydrogen) atoms. The van der Waals surface area contributed by atoms with Gasteiger partial charge in [-0.3, -0.25) is 4.79 Å². The maximum absolute atomic E-state index is 11.6. The zero-order valence-electron chi connectivity index (χ0n) is 9.23. The van der Waals surface area contributed by atoms with E-state index in [4.69, 9.17) is 5.26 Å². The van der Waals surface area contributed by atoms with Gasteiger partial charge >= 0.3 is 0 Å². The van der Waals surface area contributed by atoms with Gasteiger partial charge in [0.15, 0.2) is 0 Å². The highest BCUT2D eigenvalue weighted by atomic mass is 16.1. The first-order valence-corrected chi connectivity index (χ1v) is 5.75. The van der Waals surface area contributed by atoms with Crippen LogP contribution in [0.5, 0.6) is 0 Å². The summed E-state index contributed by atoms with van der Waals surface area (Å²) in [4.78, 5) is 11.6. The van der Waals surface area contributed by atoms with Crippen molar-refractivity contribution in [2.24, 2.45) is 11.8 Å². The minimum atomic E-state index is -0.0230. The van der Waals surface area contributed by atoms with Crippen molar-refractivity contribution in [3.8, 4) is 6.07 Å². The number of nitrogens with zero attached hydrogens (tertiary/aromatic N) is 1. The molecule has 2 heteroatoms. The molecule has 2 nitrogen and oxygen atoms in total. The summed E-state index contributed by atoms with van der Waals surface area (Å²) in [6.45, 7) is 0. The summed E-state index contributed by atoms with van der Waals surface area (Å²) in [6.07, 6.45) is 2.92. The van der Waals surface area contributed by atoms with Crippen LogP contribution in [0.3, 0.4) is 0 Å². The summed E-state index contributed by atoms with van der Waals surface area (Å²) < 4.78 is 0. The third-order valence-corrected chi connectivity index (χ3v) is 3.40. The molecule has 2 rings (SSSR count). The van der Waals surface area contributed by atoms with Gasteiger partial charge in [-0.2, -0.15) is 5.26 Å². The zero-order chi connectivity index (χ0) is 11.4. The van der Waals surface area contributed by atoms with E-state index in [0.29, 0.717) is 18.8 Å². The van der Waals surface area contributed by atoms with Crippen LogP contribution in [0.1, 0.15) is 24.8 Å². The van der Waals surface area contributed by atoms with E-state index in [-0.39, 0.29) is 11.7 Å². The van der Waals surface area contributed by atoms with Gasteiger partial charge in [0, 0.05) is 18.8 Å². The van der Waals surface area contributed by atoms with Crippen molar-refractivity contribution < 1.29 is 4.79 Å². The Bertz CT molecular complexity index is 404. The van der Waals surface area contributed by atoms with Gasteiger partial charge < -0.3 is 0 Å². The molecule has 0 N–H and O–H groups in total. The van der Waals surface area contributed by atoms with Gasteiger partial charge in [-0.15, -0.1) is 0 Å². The standard InChI is InChI=1S/C14H15NO/c15-9-8-13-12(6-7-14(13)16)10-11-4-2-1-3-5-11/h1-5,12-13H,6-8,10H2/t12-,13-/m1/s1. The second-order valence-corrected chi connectivity index (χ2v) is 4.42. The van der Waals surface area contributed by atoms with Gasteiger partial charge in [0.2, 0.25) is 0 Å². The van der Waals surface area contributed by atoms with Gasteiger partial charge in [-0.1, -0.05) is 30.3 Å². The van der Waals surface area contributed by atoms with Gasteiger partial charge in [0.05, 0.1) is 6.07 Å². The summed E-state index contributed by atoms with van der Waals surface area (Å²) in [5, 5.41) is 8.73. The van der Waals surface area contributed by atoms with Crippen molar-refractivity contribution in [1.29, 1.82) is 5.26 Å². The second-order valence-electron chi connectivity index (χ2n) is 4.42. The Morgan fingerprint density at radius 3 is 2.75 bits per heavy atom. The Balaban J connectivity index is 2.05.